The Bertz CT molecular complexity index is 380. The predicted octanol–water partition coefficient (Wildman–Crippen LogP) is 0.0929. The van der Waals surface area contributed by atoms with Crippen LogP contribution in [0.2, 0.25) is 0 Å². The lowest BCUT2D eigenvalue weighted by Gasteiger charge is -1.97. The standard InChI is InChI=1S/C8H11N5O/c1-13-11-8(10-12-13)5-9-4-7-2-3-14-6-7/h2-3,6,9H,4-5H2,1H3. The second-order valence-electron chi connectivity index (χ2n) is 2.93. The first-order chi connectivity index (χ1) is 6.84. The first-order valence-corrected chi connectivity index (χ1v) is 4.29. The molecule has 74 valence electrons. The van der Waals surface area contributed by atoms with Crippen LogP contribution >= 0.6 is 0 Å². The molecule has 2 aromatic heterocycles. The molecule has 6 heteroatoms. The molecule has 6 nitrogen and oxygen atoms in total. The SMILES string of the molecule is Cn1nnc(CNCc2ccoc2)n1. The number of rotatable bonds is 4. The van der Waals surface area contributed by atoms with Gasteiger partial charge < -0.3 is 9.73 Å². The van der Waals surface area contributed by atoms with Crippen LogP contribution in [0.25, 0.3) is 0 Å². The zero-order valence-electron chi connectivity index (χ0n) is 7.84. The summed E-state index contributed by atoms with van der Waals surface area (Å²) in [5.41, 5.74) is 1.11. The molecule has 2 heterocycles. The number of hydrogen-bond donors (Lipinski definition) is 1. The van der Waals surface area contributed by atoms with Crippen LogP contribution in [-0.2, 0) is 20.1 Å². The highest BCUT2D eigenvalue weighted by atomic mass is 16.3. The van der Waals surface area contributed by atoms with Gasteiger partial charge in [0.25, 0.3) is 0 Å². The first-order valence-electron chi connectivity index (χ1n) is 4.29. The Hall–Kier alpha value is -1.69. The highest BCUT2D eigenvalue weighted by Gasteiger charge is 1.99. The van der Waals surface area contributed by atoms with Gasteiger partial charge >= 0.3 is 0 Å². The average molecular weight is 193 g/mol. The molecule has 0 fully saturated rings. The Balaban J connectivity index is 1.78. The van der Waals surface area contributed by atoms with Gasteiger partial charge in [0.05, 0.1) is 26.1 Å². The normalized spacial score (nSPS) is 10.6. The maximum absolute atomic E-state index is 4.93. The first kappa shape index (κ1) is 8.89. The van der Waals surface area contributed by atoms with Crippen molar-refractivity contribution in [2.45, 2.75) is 13.1 Å². The van der Waals surface area contributed by atoms with E-state index >= 15 is 0 Å². The lowest BCUT2D eigenvalue weighted by Crippen LogP contribution is -2.13. The Morgan fingerprint density at radius 3 is 3.07 bits per heavy atom. The van der Waals surface area contributed by atoms with E-state index < -0.39 is 0 Å². The van der Waals surface area contributed by atoms with Crippen molar-refractivity contribution in [2.24, 2.45) is 7.05 Å². The van der Waals surface area contributed by atoms with Crippen LogP contribution in [-0.4, -0.2) is 20.2 Å². The van der Waals surface area contributed by atoms with E-state index in [0.717, 1.165) is 12.1 Å². The summed E-state index contributed by atoms with van der Waals surface area (Å²) in [7, 11) is 1.74. The van der Waals surface area contributed by atoms with E-state index in [1.165, 1.54) is 4.80 Å². The molecule has 2 rings (SSSR count). The summed E-state index contributed by atoms with van der Waals surface area (Å²) >= 11 is 0. The minimum absolute atomic E-state index is 0.610. The molecule has 0 atom stereocenters. The van der Waals surface area contributed by atoms with Crippen molar-refractivity contribution in [3.63, 3.8) is 0 Å². The van der Waals surface area contributed by atoms with E-state index in [1.807, 2.05) is 6.07 Å². The third-order valence-corrected chi connectivity index (χ3v) is 1.74. The van der Waals surface area contributed by atoms with Crippen LogP contribution < -0.4 is 5.32 Å². The van der Waals surface area contributed by atoms with Crippen molar-refractivity contribution < 1.29 is 4.42 Å². The molecular formula is C8H11N5O. The van der Waals surface area contributed by atoms with Crippen LogP contribution in [0.1, 0.15) is 11.4 Å². The summed E-state index contributed by atoms with van der Waals surface area (Å²) in [5.74, 6) is 0.691. The number of furan rings is 1. The summed E-state index contributed by atoms with van der Waals surface area (Å²) in [6.45, 7) is 1.35. The average Bonchev–Trinajstić information content (AvgIpc) is 2.77. The Labute approximate surface area is 80.9 Å². The minimum atomic E-state index is 0.610. The topological polar surface area (TPSA) is 68.8 Å². The molecule has 0 amide bonds. The van der Waals surface area contributed by atoms with Crippen LogP contribution in [0.5, 0.6) is 0 Å². The van der Waals surface area contributed by atoms with Gasteiger partial charge in [0, 0.05) is 12.1 Å². The molecule has 0 unspecified atom stereocenters. The van der Waals surface area contributed by atoms with Gasteiger partial charge in [0.15, 0.2) is 5.82 Å². The van der Waals surface area contributed by atoms with Gasteiger partial charge in [-0.25, -0.2) is 0 Å². The minimum Gasteiger partial charge on any atom is -0.472 e. The molecule has 2 aromatic rings. The van der Waals surface area contributed by atoms with Gasteiger partial charge in [-0.3, -0.25) is 0 Å². The molecule has 0 saturated heterocycles. The van der Waals surface area contributed by atoms with Crippen LogP contribution in [0.3, 0.4) is 0 Å². The number of aryl methyl sites for hydroxylation is 1. The van der Waals surface area contributed by atoms with E-state index in [1.54, 1.807) is 19.6 Å². The zero-order valence-corrected chi connectivity index (χ0v) is 7.84. The molecule has 0 bridgehead atoms. The Morgan fingerprint density at radius 2 is 2.43 bits per heavy atom. The van der Waals surface area contributed by atoms with Gasteiger partial charge in [-0.2, -0.15) is 4.80 Å². The Morgan fingerprint density at radius 1 is 1.50 bits per heavy atom. The third kappa shape index (κ3) is 2.17. The molecular weight excluding hydrogens is 182 g/mol. The van der Waals surface area contributed by atoms with Crippen molar-refractivity contribution >= 4 is 0 Å². The monoisotopic (exact) mass is 193 g/mol. The number of tetrazole rings is 1. The molecule has 0 saturated carbocycles. The largest absolute Gasteiger partial charge is 0.472 e. The second kappa shape index (κ2) is 4.01. The molecule has 1 N–H and O–H groups in total. The van der Waals surface area contributed by atoms with Gasteiger partial charge in [-0.15, -0.1) is 10.2 Å². The summed E-state index contributed by atoms with van der Waals surface area (Å²) < 4.78 is 4.93. The van der Waals surface area contributed by atoms with E-state index in [0.29, 0.717) is 12.4 Å². The molecule has 0 spiro atoms. The Kier molecular flexibility index (Phi) is 2.55. The molecule has 0 radical (unpaired) electrons. The molecule has 0 aliphatic heterocycles. The fourth-order valence-electron chi connectivity index (χ4n) is 1.11. The number of hydrogen-bond acceptors (Lipinski definition) is 5. The second-order valence-corrected chi connectivity index (χ2v) is 2.93. The van der Waals surface area contributed by atoms with Crippen molar-refractivity contribution in [3.05, 3.63) is 30.0 Å². The summed E-state index contributed by atoms with van der Waals surface area (Å²) in [5, 5.41) is 14.8. The maximum Gasteiger partial charge on any atom is 0.188 e. The van der Waals surface area contributed by atoms with Gasteiger partial charge in [-0.1, -0.05) is 0 Å². The zero-order chi connectivity index (χ0) is 9.80. The van der Waals surface area contributed by atoms with E-state index in [2.05, 4.69) is 20.7 Å². The summed E-state index contributed by atoms with van der Waals surface area (Å²) in [6, 6.07) is 1.91. The molecule has 0 aromatic carbocycles. The molecule has 0 aliphatic rings. The lowest BCUT2D eigenvalue weighted by atomic mass is 10.3. The number of aromatic nitrogens is 4. The van der Waals surface area contributed by atoms with Crippen LogP contribution in [0.15, 0.2) is 23.0 Å². The van der Waals surface area contributed by atoms with Crippen molar-refractivity contribution in [2.75, 3.05) is 0 Å². The van der Waals surface area contributed by atoms with Crippen molar-refractivity contribution in [3.8, 4) is 0 Å². The van der Waals surface area contributed by atoms with Gasteiger partial charge in [-0.05, 0) is 11.3 Å². The smallest absolute Gasteiger partial charge is 0.188 e. The maximum atomic E-state index is 4.93. The fourth-order valence-corrected chi connectivity index (χ4v) is 1.11. The van der Waals surface area contributed by atoms with E-state index in [4.69, 9.17) is 4.42 Å². The van der Waals surface area contributed by atoms with Crippen LogP contribution in [0.4, 0.5) is 0 Å². The van der Waals surface area contributed by atoms with Gasteiger partial charge in [0.1, 0.15) is 0 Å². The van der Waals surface area contributed by atoms with Gasteiger partial charge in [0.2, 0.25) is 0 Å². The number of nitrogens with one attached hydrogen (secondary N) is 1. The quantitative estimate of drug-likeness (QED) is 0.745. The highest BCUT2D eigenvalue weighted by Crippen LogP contribution is 1.98. The van der Waals surface area contributed by atoms with Crippen molar-refractivity contribution in [1.29, 1.82) is 0 Å². The van der Waals surface area contributed by atoms with Crippen molar-refractivity contribution in [1.82, 2.24) is 25.5 Å². The summed E-state index contributed by atoms with van der Waals surface area (Å²) in [6.07, 6.45) is 3.36. The summed E-state index contributed by atoms with van der Waals surface area (Å²) in [4.78, 5) is 1.44. The van der Waals surface area contributed by atoms with Crippen LogP contribution in [0, 0.1) is 0 Å². The molecule has 0 aliphatic carbocycles. The number of nitrogens with zero attached hydrogens (tertiary/aromatic N) is 4. The lowest BCUT2D eigenvalue weighted by molar-refractivity contribution is 0.559. The predicted molar refractivity (Wildman–Crippen MR) is 48.0 cm³/mol. The third-order valence-electron chi connectivity index (χ3n) is 1.74. The highest BCUT2D eigenvalue weighted by molar-refractivity contribution is 5.04. The van der Waals surface area contributed by atoms with E-state index in [-0.39, 0.29) is 0 Å². The fraction of sp³-hybridized carbons (Fsp3) is 0.375. The molecule has 14 heavy (non-hydrogen) atoms. The van der Waals surface area contributed by atoms with E-state index in [9.17, 15) is 0 Å².